The Kier molecular flexibility index (Phi) is 7.17. The first-order valence-electron chi connectivity index (χ1n) is 11.2. The molecule has 0 bridgehead atoms. The van der Waals surface area contributed by atoms with Gasteiger partial charge in [-0.05, 0) is 60.5 Å². The second kappa shape index (κ2) is 10.4. The Bertz CT molecular complexity index is 1270. The molecule has 0 aromatic heterocycles. The number of aliphatic hydroxyl groups excluding tert-OH is 1. The molecule has 35 heavy (non-hydrogen) atoms. The molecule has 0 radical (unpaired) electrons. The predicted octanol–water partition coefficient (Wildman–Crippen LogP) is 4.86. The number of methoxy groups -OCH3 is 2. The summed E-state index contributed by atoms with van der Waals surface area (Å²) in [5.41, 5.74) is 1.88. The number of aliphatic hydroxyl groups is 1. The third-order valence-electron chi connectivity index (χ3n) is 5.90. The minimum Gasteiger partial charge on any atom is -0.507 e. The highest BCUT2D eigenvalue weighted by Gasteiger charge is 2.46. The van der Waals surface area contributed by atoms with Gasteiger partial charge in [0.05, 0.1) is 25.3 Å². The zero-order chi connectivity index (χ0) is 24.9. The van der Waals surface area contributed by atoms with Crippen molar-refractivity contribution in [1.82, 2.24) is 4.90 Å². The summed E-state index contributed by atoms with van der Waals surface area (Å²) < 4.78 is 16.4. The fourth-order valence-corrected chi connectivity index (χ4v) is 4.20. The number of amides is 1. The van der Waals surface area contributed by atoms with Gasteiger partial charge in [0.15, 0.2) is 0 Å². The summed E-state index contributed by atoms with van der Waals surface area (Å²) in [6.07, 6.45) is 0. The van der Waals surface area contributed by atoms with Gasteiger partial charge in [-0.2, -0.15) is 0 Å². The molecule has 3 aromatic rings. The number of para-hydroxylation sites is 1. The van der Waals surface area contributed by atoms with Gasteiger partial charge in [-0.3, -0.25) is 9.59 Å². The topological polar surface area (TPSA) is 85.3 Å². The molecule has 1 atom stereocenters. The fraction of sp³-hybridized carbons (Fsp3) is 0.214. The first kappa shape index (κ1) is 24.0. The molecule has 4 rings (SSSR count). The standard InChI is InChI=1S/C28H27NO6/c1-18-16-20(12-13-23(18)34-3)26(30)24-25(29(14-15-33-2)28(32)27(24)31)19-8-7-11-22(17-19)35-21-9-5-4-6-10-21/h4-13,16-17,25,30H,14-15H2,1-3H3/t25-/m0/s1. The van der Waals surface area contributed by atoms with Crippen LogP contribution in [0.15, 0.2) is 78.4 Å². The third-order valence-corrected chi connectivity index (χ3v) is 5.90. The van der Waals surface area contributed by atoms with E-state index in [1.807, 2.05) is 37.3 Å². The molecule has 1 aliphatic rings. The Morgan fingerprint density at radius 3 is 2.37 bits per heavy atom. The number of hydrogen-bond donors (Lipinski definition) is 1. The third kappa shape index (κ3) is 4.90. The van der Waals surface area contributed by atoms with E-state index in [0.29, 0.717) is 28.4 Å². The number of hydrogen-bond acceptors (Lipinski definition) is 6. The fourth-order valence-electron chi connectivity index (χ4n) is 4.20. The summed E-state index contributed by atoms with van der Waals surface area (Å²) in [6, 6.07) is 20.8. The lowest BCUT2D eigenvalue weighted by Crippen LogP contribution is -2.32. The molecule has 1 N–H and O–H groups in total. The lowest BCUT2D eigenvalue weighted by molar-refractivity contribution is -0.140. The normalized spacial score (nSPS) is 17.0. The number of nitrogens with zero attached hydrogens (tertiary/aromatic N) is 1. The summed E-state index contributed by atoms with van der Waals surface area (Å²) in [5.74, 6) is 0.190. The molecule has 0 unspecified atom stereocenters. The summed E-state index contributed by atoms with van der Waals surface area (Å²) in [7, 11) is 3.09. The number of aryl methyl sites for hydroxylation is 1. The van der Waals surface area contributed by atoms with Crippen LogP contribution in [0.3, 0.4) is 0 Å². The zero-order valence-corrected chi connectivity index (χ0v) is 19.9. The van der Waals surface area contributed by atoms with Gasteiger partial charge >= 0.3 is 0 Å². The van der Waals surface area contributed by atoms with Gasteiger partial charge in [0.25, 0.3) is 11.7 Å². The van der Waals surface area contributed by atoms with Gasteiger partial charge in [0.1, 0.15) is 23.0 Å². The Morgan fingerprint density at radius 1 is 0.943 bits per heavy atom. The average Bonchev–Trinajstić information content (AvgIpc) is 3.12. The van der Waals surface area contributed by atoms with E-state index in [9.17, 15) is 14.7 Å². The summed E-state index contributed by atoms with van der Waals surface area (Å²) in [4.78, 5) is 27.6. The quantitative estimate of drug-likeness (QED) is 0.286. The van der Waals surface area contributed by atoms with Crippen LogP contribution in [0.2, 0.25) is 0 Å². The van der Waals surface area contributed by atoms with Crippen molar-refractivity contribution in [3.8, 4) is 17.2 Å². The Hall–Kier alpha value is -4.10. The van der Waals surface area contributed by atoms with E-state index < -0.39 is 17.7 Å². The molecule has 1 heterocycles. The molecular weight excluding hydrogens is 446 g/mol. The largest absolute Gasteiger partial charge is 0.507 e. The molecule has 0 saturated carbocycles. The number of benzene rings is 3. The van der Waals surface area contributed by atoms with Crippen molar-refractivity contribution < 1.29 is 28.9 Å². The van der Waals surface area contributed by atoms with Crippen LogP contribution in [-0.4, -0.2) is 49.1 Å². The van der Waals surface area contributed by atoms with E-state index in [1.54, 1.807) is 49.6 Å². The van der Waals surface area contributed by atoms with E-state index in [-0.39, 0.29) is 24.5 Å². The second-order valence-corrected chi connectivity index (χ2v) is 8.16. The number of ether oxygens (including phenoxy) is 3. The molecule has 1 amide bonds. The van der Waals surface area contributed by atoms with E-state index in [0.717, 1.165) is 5.56 Å². The van der Waals surface area contributed by atoms with E-state index >= 15 is 0 Å². The maximum atomic E-state index is 13.2. The van der Waals surface area contributed by atoms with E-state index in [2.05, 4.69) is 0 Å². The molecule has 1 aliphatic heterocycles. The van der Waals surface area contributed by atoms with Crippen molar-refractivity contribution in [3.05, 3.63) is 95.1 Å². The number of Topliss-reactive ketones (excluding diaryl/α,β-unsaturated/α-hetero) is 1. The minimum absolute atomic E-state index is 0.0209. The van der Waals surface area contributed by atoms with Gasteiger partial charge in [0, 0.05) is 19.2 Å². The Balaban J connectivity index is 1.81. The number of rotatable bonds is 8. The first-order chi connectivity index (χ1) is 16.9. The Labute approximate surface area is 204 Å². The number of carbonyl (C=O) groups is 2. The Morgan fingerprint density at radius 2 is 1.69 bits per heavy atom. The van der Waals surface area contributed by atoms with Crippen molar-refractivity contribution >= 4 is 17.4 Å². The molecule has 3 aromatic carbocycles. The number of ketones is 1. The molecule has 7 heteroatoms. The van der Waals surface area contributed by atoms with Crippen LogP contribution in [-0.2, 0) is 14.3 Å². The van der Waals surface area contributed by atoms with Crippen LogP contribution in [0.5, 0.6) is 17.2 Å². The predicted molar refractivity (Wildman–Crippen MR) is 132 cm³/mol. The minimum atomic E-state index is -0.799. The SMILES string of the molecule is COCCN1C(=O)C(=O)C(=C(O)c2ccc(OC)c(C)c2)[C@@H]1c1cccc(Oc2ccccc2)c1. The number of likely N-dealkylation sites (tertiary alicyclic amines) is 1. The van der Waals surface area contributed by atoms with Crippen LogP contribution < -0.4 is 9.47 Å². The van der Waals surface area contributed by atoms with Crippen LogP contribution in [0.4, 0.5) is 0 Å². The van der Waals surface area contributed by atoms with Crippen LogP contribution in [0, 0.1) is 6.92 Å². The molecular formula is C28H27NO6. The van der Waals surface area contributed by atoms with Crippen LogP contribution >= 0.6 is 0 Å². The van der Waals surface area contributed by atoms with Gasteiger partial charge in [-0.25, -0.2) is 0 Å². The summed E-state index contributed by atoms with van der Waals surface area (Å²) >= 11 is 0. The zero-order valence-electron chi connectivity index (χ0n) is 19.9. The second-order valence-electron chi connectivity index (χ2n) is 8.16. The van der Waals surface area contributed by atoms with Crippen molar-refractivity contribution in [2.24, 2.45) is 0 Å². The van der Waals surface area contributed by atoms with E-state index in [1.165, 1.54) is 12.0 Å². The molecule has 1 saturated heterocycles. The maximum Gasteiger partial charge on any atom is 0.295 e. The average molecular weight is 474 g/mol. The summed E-state index contributed by atoms with van der Waals surface area (Å²) in [5, 5.41) is 11.3. The van der Waals surface area contributed by atoms with Crippen molar-refractivity contribution in [1.29, 1.82) is 0 Å². The highest BCUT2D eigenvalue weighted by atomic mass is 16.5. The van der Waals surface area contributed by atoms with E-state index in [4.69, 9.17) is 14.2 Å². The van der Waals surface area contributed by atoms with Gasteiger partial charge < -0.3 is 24.2 Å². The maximum absolute atomic E-state index is 13.2. The van der Waals surface area contributed by atoms with Crippen LogP contribution in [0.1, 0.15) is 22.7 Å². The van der Waals surface area contributed by atoms with Crippen molar-refractivity contribution in [3.63, 3.8) is 0 Å². The lowest BCUT2D eigenvalue weighted by atomic mass is 9.94. The van der Waals surface area contributed by atoms with Crippen LogP contribution in [0.25, 0.3) is 5.76 Å². The molecule has 1 fully saturated rings. The highest BCUT2D eigenvalue weighted by molar-refractivity contribution is 6.46. The lowest BCUT2D eigenvalue weighted by Gasteiger charge is -2.25. The smallest absolute Gasteiger partial charge is 0.295 e. The van der Waals surface area contributed by atoms with Gasteiger partial charge in [-0.15, -0.1) is 0 Å². The molecule has 0 aliphatic carbocycles. The number of carbonyl (C=O) groups excluding carboxylic acids is 2. The van der Waals surface area contributed by atoms with Gasteiger partial charge in [0.2, 0.25) is 0 Å². The van der Waals surface area contributed by atoms with Crippen molar-refractivity contribution in [2.75, 3.05) is 27.4 Å². The first-order valence-corrected chi connectivity index (χ1v) is 11.2. The molecule has 7 nitrogen and oxygen atoms in total. The van der Waals surface area contributed by atoms with Crippen molar-refractivity contribution in [2.45, 2.75) is 13.0 Å². The summed E-state index contributed by atoms with van der Waals surface area (Å²) in [6.45, 7) is 2.27. The highest BCUT2D eigenvalue weighted by Crippen LogP contribution is 2.40. The monoisotopic (exact) mass is 473 g/mol. The molecule has 180 valence electrons. The van der Waals surface area contributed by atoms with Gasteiger partial charge in [-0.1, -0.05) is 30.3 Å². The molecule has 0 spiro atoms.